The van der Waals surface area contributed by atoms with Crippen LogP contribution >= 0.6 is 0 Å². The third kappa shape index (κ3) is 3.21. The second kappa shape index (κ2) is 6.52. The van der Waals surface area contributed by atoms with Crippen molar-refractivity contribution in [2.75, 3.05) is 0 Å². The van der Waals surface area contributed by atoms with Crippen molar-refractivity contribution in [1.82, 2.24) is 0 Å². The van der Waals surface area contributed by atoms with E-state index in [1.807, 2.05) is 0 Å². The zero-order valence-electron chi connectivity index (χ0n) is 10.8. The minimum atomic E-state index is 0.463. The first-order chi connectivity index (χ1) is 7.24. The summed E-state index contributed by atoms with van der Waals surface area (Å²) < 4.78 is 0. The van der Waals surface area contributed by atoms with Gasteiger partial charge in [0.15, 0.2) is 0 Å². The molecule has 0 heterocycles. The first-order valence-electron chi connectivity index (χ1n) is 7.00. The van der Waals surface area contributed by atoms with Crippen molar-refractivity contribution in [3.63, 3.8) is 0 Å². The predicted molar refractivity (Wildman–Crippen MR) is 67.8 cm³/mol. The van der Waals surface area contributed by atoms with E-state index in [1.54, 1.807) is 0 Å². The lowest BCUT2D eigenvalue weighted by Gasteiger charge is -2.38. The molecule has 1 nitrogen and oxygen atoms in total. The molecule has 1 heteroatoms. The fourth-order valence-electron chi connectivity index (χ4n) is 3.43. The summed E-state index contributed by atoms with van der Waals surface area (Å²) in [7, 11) is 0. The van der Waals surface area contributed by atoms with E-state index in [9.17, 15) is 0 Å². The summed E-state index contributed by atoms with van der Waals surface area (Å²) in [6, 6.07) is 0.463. The summed E-state index contributed by atoms with van der Waals surface area (Å²) in [5.74, 6) is 2.48. The Morgan fingerprint density at radius 1 is 1.07 bits per heavy atom. The van der Waals surface area contributed by atoms with Gasteiger partial charge in [-0.3, -0.25) is 0 Å². The van der Waals surface area contributed by atoms with Gasteiger partial charge in [-0.05, 0) is 24.2 Å². The van der Waals surface area contributed by atoms with Crippen molar-refractivity contribution in [2.24, 2.45) is 23.5 Å². The third-order valence-corrected chi connectivity index (χ3v) is 4.58. The fraction of sp³-hybridized carbons (Fsp3) is 1.00. The molecule has 90 valence electrons. The van der Waals surface area contributed by atoms with E-state index in [4.69, 9.17) is 5.73 Å². The molecule has 0 amide bonds. The summed E-state index contributed by atoms with van der Waals surface area (Å²) in [4.78, 5) is 0. The second-order valence-corrected chi connectivity index (χ2v) is 5.27. The summed E-state index contributed by atoms with van der Waals surface area (Å²) >= 11 is 0. The van der Waals surface area contributed by atoms with Gasteiger partial charge < -0.3 is 5.73 Å². The molecule has 1 aliphatic carbocycles. The predicted octanol–water partition coefficient (Wildman–Crippen LogP) is 3.97. The van der Waals surface area contributed by atoms with Gasteiger partial charge >= 0.3 is 0 Å². The summed E-state index contributed by atoms with van der Waals surface area (Å²) in [6.45, 7) is 6.91. The molecule has 0 radical (unpaired) electrons. The Kier molecular flexibility index (Phi) is 5.66. The zero-order valence-corrected chi connectivity index (χ0v) is 10.8. The molecule has 0 bridgehead atoms. The Balaban J connectivity index is 2.57. The highest BCUT2D eigenvalue weighted by Gasteiger charge is 2.31. The maximum atomic E-state index is 6.48. The summed E-state index contributed by atoms with van der Waals surface area (Å²) in [6.07, 6.45) is 9.50. The van der Waals surface area contributed by atoms with E-state index in [0.717, 1.165) is 17.8 Å². The molecule has 0 spiro atoms. The van der Waals surface area contributed by atoms with Crippen LogP contribution < -0.4 is 5.73 Å². The Morgan fingerprint density at radius 3 is 2.20 bits per heavy atom. The lowest BCUT2D eigenvalue weighted by Crippen LogP contribution is -2.42. The van der Waals surface area contributed by atoms with Gasteiger partial charge in [-0.15, -0.1) is 0 Å². The SMILES string of the molecule is CCC(CC)C(N)C1CCCCC1CC. The quantitative estimate of drug-likeness (QED) is 0.731. The summed E-state index contributed by atoms with van der Waals surface area (Å²) in [5, 5.41) is 0. The van der Waals surface area contributed by atoms with Gasteiger partial charge in [0.25, 0.3) is 0 Å². The van der Waals surface area contributed by atoms with Crippen molar-refractivity contribution in [3.8, 4) is 0 Å². The van der Waals surface area contributed by atoms with Crippen molar-refractivity contribution < 1.29 is 0 Å². The lowest BCUT2D eigenvalue weighted by atomic mass is 9.70. The van der Waals surface area contributed by atoms with Gasteiger partial charge in [0.2, 0.25) is 0 Å². The molecular formula is C14H29N. The molecule has 1 saturated carbocycles. The number of rotatable bonds is 5. The lowest BCUT2D eigenvalue weighted by molar-refractivity contribution is 0.157. The van der Waals surface area contributed by atoms with Crippen LogP contribution in [-0.2, 0) is 0 Å². The van der Waals surface area contributed by atoms with Crippen LogP contribution in [0.1, 0.15) is 65.7 Å². The maximum absolute atomic E-state index is 6.48. The molecule has 0 aromatic carbocycles. The van der Waals surface area contributed by atoms with Crippen molar-refractivity contribution in [3.05, 3.63) is 0 Å². The topological polar surface area (TPSA) is 26.0 Å². The molecular weight excluding hydrogens is 182 g/mol. The molecule has 0 aromatic rings. The van der Waals surface area contributed by atoms with Crippen LogP contribution in [0.3, 0.4) is 0 Å². The van der Waals surface area contributed by atoms with E-state index in [-0.39, 0.29) is 0 Å². The van der Waals surface area contributed by atoms with E-state index >= 15 is 0 Å². The minimum Gasteiger partial charge on any atom is -0.327 e. The molecule has 3 atom stereocenters. The zero-order chi connectivity index (χ0) is 11.3. The molecule has 0 aliphatic heterocycles. The number of nitrogens with two attached hydrogens (primary N) is 1. The molecule has 0 saturated heterocycles. The second-order valence-electron chi connectivity index (χ2n) is 5.27. The average molecular weight is 211 g/mol. The normalized spacial score (nSPS) is 29.4. The van der Waals surface area contributed by atoms with Crippen LogP contribution in [0.5, 0.6) is 0 Å². The highest BCUT2D eigenvalue weighted by Crippen LogP contribution is 2.36. The molecule has 15 heavy (non-hydrogen) atoms. The van der Waals surface area contributed by atoms with Gasteiger partial charge in [-0.25, -0.2) is 0 Å². The van der Waals surface area contributed by atoms with Crippen molar-refractivity contribution in [2.45, 2.75) is 71.8 Å². The Bertz CT molecular complexity index is 163. The highest BCUT2D eigenvalue weighted by molar-refractivity contribution is 4.85. The molecule has 1 fully saturated rings. The van der Waals surface area contributed by atoms with Gasteiger partial charge in [-0.1, -0.05) is 59.3 Å². The molecule has 1 rings (SSSR count). The van der Waals surface area contributed by atoms with Gasteiger partial charge in [0.05, 0.1) is 0 Å². The van der Waals surface area contributed by atoms with Crippen LogP contribution in [-0.4, -0.2) is 6.04 Å². The highest BCUT2D eigenvalue weighted by atomic mass is 14.7. The Morgan fingerprint density at radius 2 is 1.67 bits per heavy atom. The van der Waals surface area contributed by atoms with Gasteiger partial charge in [0.1, 0.15) is 0 Å². The standard InChI is InChI=1S/C14H29N/c1-4-11(5-2)14(15)13-10-8-7-9-12(13)6-3/h11-14H,4-10,15H2,1-3H3. The Labute approximate surface area is 95.8 Å². The number of hydrogen-bond acceptors (Lipinski definition) is 1. The van der Waals surface area contributed by atoms with Crippen LogP contribution in [0, 0.1) is 17.8 Å². The van der Waals surface area contributed by atoms with Crippen molar-refractivity contribution in [1.29, 1.82) is 0 Å². The Hall–Kier alpha value is -0.0400. The van der Waals surface area contributed by atoms with Crippen LogP contribution in [0.15, 0.2) is 0 Å². The molecule has 2 N–H and O–H groups in total. The molecule has 1 aliphatic rings. The largest absolute Gasteiger partial charge is 0.327 e. The number of hydrogen-bond donors (Lipinski definition) is 1. The third-order valence-electron chi connectivity index (χ3n) is 4.58. The first-order valence-corrected chi connectivity index (χ1v) is 7.00. The van der Waals surface area contributed by atoms with E-state index in [2.05, 4.69) is 20.8 Å². The maximum Gasteiger partial charge on any atom is 0.00980 e. The summed E-state index contributed by atoms with van der Waals surface area (Å²) in [5.41, 5.74) is 6.48. The van der Waals surface area contributed by atoms with E-state index < -0.39 is 0 Å². The molecule has 3 unspecified atom stereocenters. The van der Waals surface area contributed by atoms with Crippen LogP contribution in [0.25, 0.3) is 0 Å². The fourth-order valence-corrected chi connectivity index (χ4v) is 3.43. The van der Waals surface area contributed by atoms with Gasteiger partial charge in [-0.2, -0.15) is 0 Å². The minimum absolute atomic E-state index is 0.463. The van der Waals surface area contributed by atoms with Crippen LogP contribution in [0.2, 0.25) is 0 Å². The van der Waals surface area contributed by atoms with Crippen molar-refractivity contribution >= 4 is 0 Å². The van der Waals surface area contributed by atoms with E-state index in [0.29, 0.717) is 6.04 Å². The van der Waals surface area contributed by atoms with E-state index in [1.165, 1.54) is 44.9 Å². The average Bonchev–Trinajstić information content (AvgIpc) is 2.30. The van der Waals surface area contributed by atoms with Crippen LogP contribution in [0.4, 0.5) is 0 Å². The smallest absolute Gasteiger partial charge is 0.00980 e. The monoisotopic (exact) mass is 211 g/mol. The van der Waals surface area contributed by atoms with Gasteiger partial charge in [0, 0.05) is 6.04 Å². The first kappa shape index (κ1) is 13.0. The molecule has 0 aromatic heterocycles.